The number of halogens is 2. The van der Waals surface area contributed by atoms with Crippen LogP contribution in [0.5, 0.6) is 5.75 Å². The van der Waals surface area contributed by atoms with Gasteiger partial charge in [0.15, 0.2) is 5.11 Å². The Kier molecular flexibility index (Phi) is 6.80. The number of alkyl halides is 2. The van der Waals surface area contributed by atoms with Gasteiger partial charge in [-0.25, -0.2) is 0 Å². The highest BCUT2D eigenvalue weighted by atomic mass is 32.1. The Labute approximate surface area is 127 Å². The fourth-order valence-corrected chi connectivity index (χ4v) is 1.60. The molecule has 116 valence electrons. The molecular weight excluding hydrogens is 300 g/mol. The van der Waals surface area contributed by atoms with Crippen molar-refractivity contribution < 1.29 is 18.3 Å². The third kappa shape index (κ3) is 7.40. The molecule has 0 aliphatic carbocycles. The standard InChI is InChI=1S/C13H17F2N3O2S/c1-8(2)7-11(19)17-18-13(21)16-9-3-5-10(6-4-9)20-12(14)15/h3-6,8,12H,7H2,1-2H3,(H,17,19)(H2,16,18,21). The van der Waals surface area contributed by atoms with Crippen LogP contribution in [0.2, 0.25) is 0 Å². The molecule has 0 bridgehead atoms. The largest absolute Gasteiger partial charge is 0.435 e. The summed E-state index contributed by atoms with van der Waals surface area (Å²) < 4.78 is 28.2. The van der Waals surface area contributed by atoms with Gasteiger partial charge in [0.1, 0.15) is 5.75 Å². The lowest BCUT2D eigenvalue weighted by atomic mass is 10.1. The molecule has 21 heavy (non-hydrogen) atoms. The van der Waals surface area contributed by atoms with Crippen LogP contribution in [0.1, 0.15) is 20.3 Å². The highest BCUT2D eigenvalue weighted by Crippen LogP contribution is 2.17. The summed E-state index contributed by atoms with van der Waals surface area (Å²) in [6.07, 6.45) is 0.384. The minimum Gasteiger partial charge on any atom is -0.435 e. The molecule has 0 saturated heterocycles. The molecule has 0 aliphatic rings. The first-order valence-electron chi connectivity index (χ1n) is 6.27. The lowest BCUT2D eigenvalue weighted by Gasteiger charge is -2.12. The summed E-state index contributed by atoms with van der Waals surface area (Å²) in [4.78, 5) is 11.4. The van der Waals surface area contributed by atoms with Crippen molar-refractivity contribution in [2.24, 2.45) is 5.92 Å². The lowest BCUT2D eigenvalue weighted by molar-refractivity contribution is -0.122. The van der Waals surface area contributed by atoms with Crippen LogP contribution in [0.3, 0.4) is 0 Å². The molecule has 0 unspecified atom stereocenters. The molecule has 1 amide bonds. The van der Waals surface area contributed by atoms with E-state index < -0.39 is 6.61 Å². The van der Waals surface area contributed by atoms with Gasteiger partial charge in [0.2, 0.25) is 5.91 Å². The number of carbonyl (C=O) groups excluding carboxylic acids is 1. The number of ether oxygens (including phenoxy) is 1. The molecular formula is C13H17F2N3O2S. The molecule has 5 nitrogen and oxygen atoms in total. The van der Waals surface area contributed by atoms with Crippen LogP contribution in [0.4, 0.5) is 14.5 Å². The Hall–Kier alpha value is -1.96. The van der Waals surface area contributed by atoms with Crippen molar-refractivity contribution in [1.82, 2.24) is 10.9 Å². The van der Waals surface area contributed by atoms with E-state index >= 15 is 0 Å². The number of nitrogens with one attached hydrogen (secondary N) is 3. The van der Waals surface area contributed by atoms with Gasteiger partial charge in [0.25, 0.3) is 0 Å². The molecule has 0 atom stereocenters. The van der Waals surface area contributed by atoms with Crippen LogP contribution < -0.4 is 20.9 Å². The van der Waals surface area contributed by atoms with Gasteiger partial charge in [0, 0.05) is 12.1 Å². The molecule has 3 N–H and O–H groups in total. The summed E-state index contributed by atoms with van der Waals surface area (Å²) >= 11 is 4.98. The summed E-state index contributed by atoms with van der Waals surface area (Å²) in [7, 11) is 0. The highest BCUT2D eigenvalue weighted by molar-refractivity contribution is 7.80. The zero-order valence-electron chi connectivity index (χ0n) is 11.7. The predicted molar refractivity (Wildman–Crippen MR) is 80.0 cm³/mol. The van der Waals surface area contributed by atoms with Crippen LogP contribution in [0.15, 0.2) is 24.3 Å². The van der Waals surface area contributed by atoms with Gasteiger partial charge in [-0.05, 0) is 42.4 Å². The summed E-state index contributed by atoms with van der Waals surface area (Å²) in [6.45, 7) is 1.00. The van der Waals surface area contributed by atoms with Crippen molar-refractivity contribution in [3.05, 3.63) is 24.3 Å². The molecule has 0 aromatic heterocycles. The fourth-order valence-electron chi connectivity index (χ4n) is 1.43. The zero-order valence-corrected chi connectivity index (χ0v) is 12.5. The van der Waals surface area contributed by atoms with Crippen molar-refractivity contribution in [2.75, 3.05) is 5.32 Å². The van der Waals surface area contributed by atoms with Crippen LogP contribution in [-0.2, 0) is 4.79 Å². The number of hydrogen-bond acceptors (Lipinski definition) is 3. The van der Waals surface area contributed by atoms with Crippen LogP contribution in [0, 0.1) is 5.92 Å². The topological polar surface area (TPSA) is 62.4 Å². The average molecular weight is 317 g/mol. The third-order valence-electron chi connectivity index (χ3n) is 2.25. The Morgan fingerprint density at radius 3 is 2.38 bits per heavy atom. The second-order valence-electron chi connectivity index (χ2n) is 4.63. The quantitative estimate of drug-likeness (QED) is 0.576. The van der Waals surface area contributed by atoms with Gasteiger partial charge >= 0.3 is 6.61 Å². The monoisotopic (exact) mass is 317 g/mol. The Balaban J connectivity index is 2.39. The van der Waals surface area contributed by atoms with Gasteiger partial charge in [-0.3, -0.25) is 15.6 Å². The molecule has 0 fully saturated rings. The van der Waals surface area contributed by atoms with Gasteiger partial charge in [-0.2, -0.15) is 8.78 Å². The number of benzene rings is 1. The van der Waals surface area contributed by atoms with Crippen molar-refractivity contribution in [3.8, 4) is 5.75 Å². The maximum atomic E-state index is 12.0. The summed E-state index contributed by atoms with van der Waals surface area (Å²) in [6, 6.07) is 5.83. The van der Waals surface area contributed by atoms with E-state index in [1.54, 1.807) is 0 Å². The van der Waals surface area contributed by atoms with E-state index in [4.69, 9.17) is 12.2 Å². The van der Waals surface area contributed by atoms with E-state index in [0.717, 1.165) is 0 Å². The summed E-state index contributed by atoms with van der Waals surface area (Å²) in [5.74, 6) is 0.130. The minimum absolute atomic E-state index is 0.0552. The number of hydrogen-bond donors (Lipinski definition) is 3. The molecule has 1 rings (SSSR count). The van der Waals surface area contributed by atoms with Crippen molar-refractivity contribution in [1.29, 1.82) is 0 Å². The fraction of sp³-hybridized carbons (Fsp3) is 0.385. The normalized spacial score (nSPS) is 10.4. The molecule has 1 aromatic carbocycles. The number of hydrazine groups is 1. The second-order valence-corrected chi connectivity index (χ2v) is 5.04. The number of carbonyl (C=O) groups is 1. The van der Waals surface area contributed by atoms with Gasteiger partial charge in [-0.15, -0.1) is 0 Å². The first-order valence-corrected chi connectivity index (χ1v) is 6.68. The molecule has 8 heteroatoms. The smallest absolute Gasteiger partial charge is 0.387 e. The molecule has 1 aromatic rings. The van der Waals surface area contributed by atoms with E-state index in [2.05, 4.69) is 20.9 Å². The second kappa shape index (κ2) is 8.35. The van der Waals surface area contributed by atoms with Crippen molar-refractivity contribution in [3.63, 3.8) is 0 Å². The summed E-state index contributed by atoms with van der Waals surface area (Å²) in [5.41, 5.74) is 5.58. The predicted octanol–water partition coefficient (Wildman–Crippen LogP) is 2.65. The van der Waals surface area contributed by atoms with E-state index in [9.17, 15) is 13.6 Å². The van der Waals surface area contributed by atoms with Gasteiger partial charge < -0.3 is 10.1 Å². The molecule has 0 aliphatic heterocycles. The number of anilines is 1. The Morgan fingerprint density at radius 2 is 1.86 bits per heavy atom. The number of rotatable bonds is 5. The first kappa shape index (κ1) is 17.1. The van der Waals surface area contributed by atoms with Crippen molar-refractivity contribution >= 4 is 28.9 Å². The third-order valence-corrected chi connectivity index (χ3v) is 2.45. The van der Waals surface area contributed by atoms with Crippen molar-refractivity contribution in [2.45, 2.75) is 26.9 Å². The molecule has 0 spiro atoms. The lowest BCUT2D eigenvalue weighted by Crippen LogP contribution is -2.44. The SMILES string of the molecule is CC(C)CC(=O)NNC(=S)Nc1ccc(OC(F)F)cc1. The number of thiocarbonyl (C=S) groups is 1. The maximum Gasteiger partial charge on any atom is 0.387 e. The van der Waals surface area contributed by atoms with Gasteiger partial charge in [-0.1, -0.05) is 13.8 Å². The molecule has 0 heterocycles. The zero-order chi connectivity index (χ0) is 15.8. The average Bonchev–Trinajstić information content (AvgIpc) is 2.37. The molecule has 0 saturated carbocycles. The first-order chi connectivity index (χ1) is 9.86. The van der Waals surface area contributed by atoms with E-state index in [-0.39, 0.29) is 22.7 Å². The van der Waals surface area contributed by atoms with Crippen LogP contribution >= 0.6 is 12.2 Å². The number of amides is 1. The maximum absolute atomic E-state index is 12.0. The Bertz CT molecular complexity index is 481. The van der Waals surface area contributed by atoms with E-state index in [0.29, 0.717) is 12.1 Å². The van der Waals surface area contributed by atoms with Crippen LogP contribution in [-0.4, -0.2) is 17.6 Å². The van der Waals surface area contributed by atoms with Crippen LogP contribution in [0.25, 0.3) is 0 Å². The summed E-state index contributed by atoms with van der Waals surface area (Å²) in [5, 5.41) is 2.98. The highest BCUT2D eigenvalue weighted by Gasteiger charge is 2.06. The Morgan fingerprint density at radius 1 is 1.24 bits per heavy atom. The molecule has 0 radical (unpaired) electrons. The van der Waals surface area contributed by atoms with E-state index in [1.165, 1.54) is 24.3 Å². The minimum atomic E-state index is -2.86. The van der Waals surface area contributed by atoms with E-state index in [1.807, 2.05) is 13.8 Å². The van der Waals surface area contributed by atoms with Gasteiger partial charge in [0.05, 0.1) is 0 Å².